The smallest absolute Gasteiger partial charge is 0.251 e. The van der Waals surface area contributed by atoms with Gasteiger partial charge in [0.1, 0.15) is 6.10 Å². The van der Waals surface area contributed by atoms with E-state index in [-0.39, 0.29) is 18.1 Å². The molecule has 0 aromatic heterocycles. The van der Waals surface area contributed by atoms with E-state index in [2.05, 4.69) is 13.8 Å². The first kappa shape index (κ1) is 13.5. The summed E-state index contributed by atoms with van der Waals surface area (Å²) in [5.41, 5.74) is 5.54. The fraction of sp³-hybridized carbons (Fsp3) is 0.917. The van der Waals surface area contributed by atoms with Gasteiger partial charge in [-0.1, -0.05) is 13.8 Å². The number of nitrogens with zero attached hydrogens (tertiary/aromatic N) is 1. The summed E-state index contributed by atoms with van der Waals surface area (Å²) in [4.78, 5) is 14.1. The Morgan fingerprint density at radius 1 is 1.31 bits per heavy atom. The van der Waals surface area contributed by atoms with Gasteiger partial charge in [-0.2, -0.15) is 0 Å². The quantitative estimate of drug-likeness (QED) is 0.741. The van der Waals surface area contributed by atoms with Crippen molar-refractivity contribution >= 4 is 5.91 Å². The summed E-state index contributed by atoms with van der Waals surface area (Å²) in [6, 6.07) is 0. The predicted octanol–water partition coefficient (Wildman–Crippen LogP) is 1.14. The second-order valence-corrected chi connectivity index (χ2v) is 4.39. The normalized spacial score (nSPS) is 24.7. The van der Waals surface area contributed by atoms with Crippen molar-refractivity contribution in [2.24, 2.45) is 5.73 Å². The maximum absolute atomic E-state index is 12.1. The first-order chi connectivity index (χ1) is 7.72. The van der Waals surface area contributed by atoms with Gasteiger partial charge in [0.2, 0.25) is 0 Å². The van der Waals surface area contributed by atoms with Gasteiger partial charge in [0, 0.05) is 19.6 Å². The van der Waals surface area contributed by atoms with Crippen LogP contribution in [0, 0.1) is 0 Å². The molecule has 0 unspecified atom stereocenters. The standard InChI is InChI=1S/C12H24N2O2/c1-3-7-14(8-4-2)12(15)11-6-5-10(9-13)16-11/h10-11H,3-9,13H2,1-2H3/t10-,11+/m1/s1. The van der Waals surface area contributed by atoms with Gasteiger partial charge in [0.05, 0.1) is 6.10 Å². The number of amides is 1. The fourth-order valence-electron chi connectivity index (χ4n) is 2.14. The van der Waals surface area contributed by atoms with E-state index in [0.717, 1.165) is 38.8 Å². The van der Waals surface area contributed by atoms with Crippen molar-refractivity contribution in [3.8, 4) is 0 Å². The molecule has 1 aliphatic rings. The van der Waals surface area contributed by atoms with Gasteiger partial charge in [0.15, 0.2) is 0 Å². The van der Waals surface area contributed by atoms with Crippen molar-refractivity contribution < 1.29 is 9.53 Å². The van der Waals surface area contributed by atoms with E-state index < -0.39 is 0 Å². The second kappa shape index (κ2) is 6.86. The minimum absolute atomic E-state index is 0.0825. The predicted molar refractivity (Wildman–Crippen MR) is 64.1 cm³/mol. The van der Waals surface area contributed by atoms with Gasteiger partial charge in [-0.25, -0.2) is 0 Å². The Kier molecular flexibility index (Phi) is 5.77. The van der Waals surface area contributed by atoms with Crippen molar-refractivity contribution in [1.29, 1.82) is 0 Å². The lowest BCUT2D eigenvalue weighted by Gasteiger charge is -2.24. The van der Waals surface area contributed by atoms with E-state index in [4.69, 9.17) is 10.5 Å². The van der Waals surface area contributed by atoms with Crippen LogP contribution >= 0.6 is 0 Å². The molecule has 1 fully saturated rings. The molecule has 0 aliphatic carbocycles. The van der Waals surface area contributed by atoms with Gasteiger partial charge in [-0.15, -0.1) is 0 Å². The third-order valence-electron chi connectivity index (χ3n) is 2.94. The molecule has 0 aromatic carbocycles. The highest BCUT2D eigenvalue weighted by molar-refractivity contribution is 5.81. The second-order valence-electron chi connectivity index (χ2n) is 4.39. The highest BCUT2D eigenvalue weighted by Gasteiger charge is 2.32. The molecule has 0 bridgehead atoms. The Balaban J connectivity index is 2.47. The zero-order valence-electron chi connectivity index (χ0n) is 10.4. The number of hydrogen-bond acceptors (Lipinski definition) is 3. The van der Waals surface area contributed by atoms with Crippen molar-refractivity contribution in [2.75, 3.05) is 19.6 Å². The number of carbonyl (C=O) groups is 1. The Hall–Kier alpha value is -0.610. The van der Waals surface area contributed by atoms with Crippen LogP contribution in [0.4, 0.5) is 0 Å². The maximum Gasteiger partial charge on any atom is 0.251 e. The van der Waals surface area contributed by atoms with Crippen molar-refractivity contribution in [3.63, 3.8) is 0 Å². The Bertz CT molecular complexity index is 215. The highest BCUT2D eigenvalue weighted by Crippen LogP contribution is 2.20. The first-order valence-corrected chi connectivity index (χ1v) is 6.37. The summed E-state index contributed by atoms with van der Waals surface area (Å²) < 4.78 is 5.63. The van der Waals surface area contributed by atoms with Crippen LogP contribution in [0.1, 0.15) is 39.5 Å². The van der Waals surface area contributed by atoms with Crippen molar-refractivity contribution in [1.82, 2.24) is 4.90 Å². The molecule has 1 rings (SSSR count). The lowest BCUT2D eigenvalue weighted by Crippen LogP contribution is -2.40. The third-order valence-corrected chi connectivity index (χ3v) is 2.94. The minimum Gasteiger partial charge on any atom is -0.364 e. The van der Waals surface area contributed by atoms with E-state index in [1.165, 1.54) is 0 Å². The molecule has 0 spiro atoms. The van der Waals surface area contributed by atoms with Crippen LogP contribution in [0.3, 0.4) is 0 Å². The number of carbonyl (C=O) groups excluding carboxylic acids is 1. The first-order valence-electron chi connectivity index (χ1n) is 6.37. The molecule has 4 heteroatoms. The summed E-state index contributed by atoms with van der Waals surface area (Å²) in [5, 5.41) is 0. The third kappa shape index (κ3) is 3.46. The molecule has 0 aromatic rings. The van der Waals surface area contributed by atoms with Crippen LogP contribution in [-0.4, -0.2) is 42.6 Å². The monoisotopic (exact) mass is 228 g/mol. The molecular weight excluding hydrogens is 204 g/mol. The highest BCUT2D eigenvalue weighted by atomic mass is 16.5. The molecule has 1 aliphatic heterocycles. The SMILES string of the molecule is CCCN(CCC)C(=O)[C@@H]1CC[C@H](CN)O1. The van der Waals surface area contributed by atoms with Gasteiger partial charge in [-0.05, 0) is 25.7 Å². The van der Waals surface area contributed by atoms with Gasteiger partial charge < -0.3 is 15.4 Å². The molecular formula is C12H24N2O2. The van der Waals surface area contributed by atoms with Crippen molar-refractivity contribution in [2.45, 2.75) is 51.7 Å². The minimum atomic E-state index is -0.244. The van der Waals surface area contributed by atoms with E-state index >= 15 is 0 Å². The lowest BCUT2D eigenvalue weighted by atomic mass is 10.1. The van der Waals surface area contributed by atoms with Crippen LogP contribution in [0.2, 0.25) is 0 Å². The zero-order chi connectivity index (χ0) is 12.0. The summed E-state index contributed by atoms with van der Waals surface area (Å²) >= 11 is 0. The van der Waals surface area contributed by atoms with Crippen LogP contribution in [-0.2, 0) is 9.53 Å². The molecule has 1 amide bonds. The number of ether oxygens (including phenoxy) is 1. The molecule has 16 heavy (non-hydrogen) atoms. The molecule has 0 radical (unpaired) electrons. The summed E-state index contributed by atoms with van der Waals surface area (Å²) in [6.45, 7) is 6.37. The van der Waals surface area contributed by atoms with E-state index in [1.807, 2.05) is 4.90 Å². The molecule has 4 nitrogen and oxygen atoms in total. The average molecular weight is 228 g/mol. The van der Waals surface area contributed by atoms with Gasteiger partial charge in [-0.3, -0.25) is 4.79 Å². The number of rotatable bonds is 6. The molecule has 0 saturated carbocycles. The van der Waals surface area contributed by atoms with Gasteiger partial charge >= 0.3 is 0 Å². The molecule has 2 N–H and O–H groups in total. The molecule has 2 atom stereocenters. The Morgan fingerprint density at radius 2 is 1.94 bits per heavy atom. The van der Waals surface area contributed by atoms with E-state index in [9.17, 15) is 4.79 Å². The van der Waals surface area contributed by atoms with Crippen LogP contribution in [0.15, 0.2) is 0 Å². The average Bonchev–Trinajstić information content (AvgIpc) is 2.76. The Morgan fingerprint density at radius 3 is 2.38 bits per heavy atom. The number of hydrogen-bond donors (Lipinski definition) is 1. The molecule has 1 heterocycles. The largest absolute Gasteiger partial charge is 0.364 e. The van der Waals surface area contributed by atoms with Crippen LogP contribution in [0.25, 0.3) is 0 Å². The van der Waals surface area contributed by atoms with E-state index in [1.54, 1.807) is 0 Å². The van der Waals surface area contributed by atoms with Crippen LogP contribution in [0.5, 0.6) is 0 Å². The lowest BCUT2D eigenvalue weighted by molar-refractivity contribution is -0.142. The molecule has 1 saturated heterocycles. The fourth-order valence-corrected chi connectivity index (χ4v) is 2.14. The van der Waals surface area contributed by atoms with Gasteiger partial charge in [0.25, 0.3) is 5.91 Å². The topological polar surface area (TPSA) is 55.6 Å². The maximum atomic E-state index is 12.1. The number of nitrogens with two attached hydrogens (primary N) is 1. The van der Waals surface area contributed by atoms with E-state index in [0.29, 0.717) is 6.54 Å². The van der Waals surface area contributed by atoms with Crippen molar-refractivity contribution in [3.05, 3.63) is 0 Å². The molecule has 94 valence electrons. The zero-order valence-corrected chi connectivity index (χ0v) is 10.4. The summed E-state index contributed by atoms with van der Waals surface area (Å²) in [6.07, 6.45) is 3.58. The Labute approximate surface area is 98.1 Å². The van der Waals surface area contributed by atoms with Crippen LogP contribution < -0.4 is 5.73 Å². The summed E-state index contributed by atoms with van der Waals surface area (Å²) in [7, 11) is 0. The summed E-state index contributed by atoms with van der Waals surface area (Å²) in [5.74, 6) is 0.152.